The van der Waals surface area contributed by atoms with Crippen molar-refractivity contribution in [3.05, 3.63) is 0 Å². The number of rotatable bonds is 2. The molecule has 0 atom stereocenters. The van der Waals surface area contributed by atoms with Gasteiger partial charge >= 0.3 is 11.9 Å². The van der Waals surface area contributed by atoms with Crippen LogP contribution in [0.4, 0.5) is 0 Å². The lowest BCUT2D eigenvalue weighted by Crippen LogP contribution is -2.21. The van der Waals surface area contributed by atoms with Crippen LogP contribution in [0.25, 0.3) is 0 Å². The molecule has 4 heteroatoms. The van der Waals surface area contributed by atoms with E-state index in [1.165, 1.54) is 0 Å². The Labute approximate surface area is 95.2 Å². The summed E-state index contributed by atoms with van der Waals surface area (Å²) in [6.45, 7) is 0. The Morgan fingerprint density at radius 2 is 1.00 bits per heavy atom. The van der Waals surface area contributed by atoms with Crippen molar-refractivity contribution in [2.45, 2.75) is 51.4 Å². The van der Waals surface area contributed by atoms with Crippen molar-refractivity contribution in [1.29, 1.82) is 0 Å². The first kappa shape index (κ1) is 11.4. The van der Waals surface area contributed by atoms with Crippen molar-refractivity contribution in [2.75, 3.05) is 0 Å². The van der Waals surface area contributed by atoms with Gasteiger partial charge in [-0.15, -0.1) is 0 Å². The van der Waals surface area contributed by atoms with Crippen molar-refractivity contribution >= 4 is 11.9 Å². The van der Waals surface area contributed by atoms with Gasteiger partial charge in [0.1, 0.15) is 0 Å². The average molecular weight is 226 g/mol. The molecule has 0 amide bonds. The van der Waals surface area contributed by atoms with Gasteiger partial charge in [-0.25, -0.2) is 19.4 Å². The van der Waals surface area contributed by atoms with Gasteiger partial charge in [-0.05, 0) is 25.7 Å². The molecule has 0 N–H and O–H groups in total. The topological polar surface area (TPSA) is 52.6 Å². The van der Waals surface area contributed by atoms with Gasteiger partial charge in [0, 0.05) is 0 Å². The van der Waals surface area contributed by atoms with Gasteiger partial charge in [-0.1, -0.05) is 25.7 Å². The third-order valence-electron chi connectivity index (χ3n) is 3.58. The lowest BCUT2D eigenvalue weighted by molar-refractivity contribution is -0.265. The monoisotopic (exact) mass is 226 g/mol. The Kier molecular flexibility index (Phi) is 3.80. The molecule has 16 heavy (non-hydrogen) atoms. The van der Waals surface area contributed by atoms with Crippen LogP contribution in [0.15, 0.2) is 0 Å². The van der Waals surface area contributed by atoms with E-state index in [-0.39, 0.29) is 23.8 Å². The van der Waals surface area contributed by atoms with Crippen molar-refractivity contribution in [3.8, 4) is 0 Å². The zero-order chi connectivity index (χ0) is 11.4. The van der Waals surface area contributed by atoms with Crippen LogP contribution < -0.4 is 0 Å². The normalized spacial score (nSPS) is 22.2. The average Bonchev–Trinajstić information content (AvgIpc) is 2.95. The maximum Gasteiger partial charge on any atom is 0.358 e. The lowest BCUT2D eigenvalue weighted by Gasteiger charge is -2.09. The number of carbonyl (C=O) groups excluding carboxylic acids is 2. The molecule has 0 spiro atoms. The molecule has 0 aromatic heterocycles. The highest BCUT2D eigenvalue weighted by atomic mass is 17.2. The van der Waals surface area contributed by atoms with Crippen molar-refractivity contribution in [3.63, 3.8) is 0 Å². The molecular formula is C12H18O4. The molecule has 2 aliphatic rings. The second-order valence-corrected chi connectivity index (χ2v) is 4.77. The Morgan fingerprint density at radius 1 is 0.688 bits per heavy atom. The van der Waals surface area contributed by atoms with Gasteiger partial charge in [-0.3, -0.25) is 0 Å². The van der Waals surface area contributed by atoms with E-state index in [4.69, 9.17) is 0 Å². The molecule has 0 radical (unpaired) electrons. The first-order chi connectivity index (χ1) is 7.77. The molecule has 0 aliphatic heterocycles. The summed E-state index contributed by atoms with van der Waals surface area (Å²) in [6, 6.07) is 0. The molecule has 0 aromatic rings. The van der Waals surface area contributed by atoms with Crippen LogP contribution in [0.3, 0.4) is 0 Å². The summed E-state index contributed by atoms with van der Waals surface area (Å²) in [5.41, 5.74) is 0. The van der Waals surface area contributed by atoms with Gasteiger partial charge < -0.3 is 0 Å². The smallest absolute Gasteiger partial charge is 0.247 e. The number of hydrogen-bond acceptors (Lipinski definition) is 4. The van der Waals surface area contributed by atoms with Crippen LogP contribution in [0, 0.1) is 11.8 Å². The minimum Gasteiger partial charge on any atom is -0.247 e. The zero-order valence-electron chi connectivity index (χ0n) is 9.44. The van der Waals surface area contributed by atoms with E-state index in [2.05, 4.69) is 9.78 Å². The maximum absolute atomic E-state index is 11.5. The second-order valence-electron chi connectivity index (χ2n) is 4.77. The fourth-order valence-corrected chi connectivity index (χ4v) is 2.54. The number of hydrogen-bond donors (Lipinski definition) is 0. The minimum absolute atomic E-state index is 0.0589. The highest BCUT2D eigenvalue weighted by Gasteiger charge is 2.29. The highest BCUT2D eigenvalue weighted by Crippen LogP contribution is 2.27. The summed E-state index contributed by atoms with van der Waals surface area (Å²) >= 11 is 0. The molecule has 2 fully saturated rings. The van der Waals surface area contributed by atoms with Crippen molar-refractivity contribution < 1.29 is 19.4 Å². The van der Waals surface area contributed by atoms with Gasteiger partial charge in [0.2, 0.25) is 0 Å². The summed E-state index contributed by atoms with van der Waals surface area (Å²) in [5.74, 6) is -0.861. The Balaban J connectivity index is 1.69. The zero-order valence-corrected chi connectivity index (χ0v) is 9.44. The van der Waals surface area contributed by atoms with E-state index >= 15 is 0 Å². The first-order valence-electron chi connectivity index (χ1n) is 6.19. The summed E-state index contributed by atoms with van der Waals surface area (Å²) in [6.07, 6.45) is 7.71. The second kappa shape index (κ2) is 5.32. The molecule has 0 heterocycles. The Bertz CT molecular complexity index is 234. The molecule has 2 saturated carbocycles. The molecule has 2 aliphatic carbocycles. The van der Waals surface area contributed by atoms with Crippen LogP contribution in [0.2, 0.25) is 0 Å². The van der Waals surface area contributed by atoms with Gasteiger partial charge in [0.15, 0.2) is 0 Å². The molecule has 0 bridgehead atoms. The largest absolute Gasteiger partial charge is 0.358 e. The Hall–Kier alpha value is -1.06. The van der Waals surface area contributed by atoms with E-state index in [1.807, 2.05) is 0 Å². The molecule has 0 aromatic carbocycles. The van der Waals surface area contributed by atoms with E-state index < -0.39 is 0 Å². The number of carbonyl (C=O) groups is 2. The van der Waals surface area contributed by atoms with Crippen LogP contribution in [-0.4, -0.2) is 11.9 Å². The maximum atomic E-state index is 11.5. The highest BCUT2D eigenvalue weighted by molar-refractivity contribution is 5.76. The molecule has 4 nitrogen and oxygen atoms in total. The van der Waals surface area contributed by atoms with E-state index in [9.17, 15) is 9.59 Å². The van der Waals surface area contributed by atoms with Crippen LogP contribution >= 0.6 is 0 Å². The standard InChI is InChI=1S/C12H18O4/c13-11(9-5-1-2-6-9)15-16-12(14)10-7-3-4-8-10/h9-10H,1-8H2. The SMILES string of the molecule is O=C(OOC(=O)C1CCCC1)C1CCCC1. The summed E-state index contributed by atoms with van der Waals surface area (Å²) in [5, 5.41) is 0. The predicted octanol–water partition coefficient (Wildman–Crippen LogP) is 2.37. The summed E-state index contributed by atoms with van der Waals surface area (Å²) < 4.78 is 0. The quantitative estimate of drug-likeness (QED) is 0.535. The summed E-state index contributed by atoms with van der Waals surface area (Å²) in [4.78, 5) is 32.2. The lowest BCUT2D eigenvalue weighted by atomic mass is 10.1. The fourth-order valence-electron chi connectivity index (χ4n) is 2.54. The molecular weight excluding hydrogens is 208 g/mol. The van der Waals surface area contributed by atoms with Crippen LogP contribution in [0.1, 0.15) is 51.4 Å². The van der Waals surface area contributed by atoms with Crippen molar-refractivity contribution in [2.24, 2.45) is 11.8 Å². The van der Waals surface area contributed by atoms with Gasteiger partial charge in [-0.2, -0.15) is 0 Å². The van der Waals surface area contributed by atoms with Gasteiger partial charge in [0.25, 0.3) is 0 Å². The third-order valence-corrected chi connectivity index (χ3v) is 3.58. The molecule has 0 unspecified atom stereocenters. The van der Waals surface area contributed by atoms with E-state index in [0.717, 1.165) is 51.4 Å². The van der Waals surface area contributed by atoms with Gasteiger partial charge in [0.05, 0.1) is 11.8 Å². The first-order valence-corrected chi connectivity index (χ1v) is 6.19. The third kappa shape index (κ3) is 2.74. The minimum atomic E-state index is -0.371. The molecule has 0 saturated heterocycles. The van der Waals surface area contributed by atoms with E-state index in [0.29, 0.717) is 0 Å². The van der Waals surface area contributed by atoms with Crippen molar-refractivity contribution in [1.82, 2.24) is 0 Å². The molecule has 2 rings (SSSR count). The van der Waals surface area contributed by atoms with E-state index in [1.54, 1.807) is 0 Å². The van der Waals surface area contributed by atoms with Crippen LogP contribution in [-0.2, 0) is 19.4 Å². The predicted molar refractivity (Wildman–Crippen MR) is 56.1 cm³/mol. The Morgan fingerprint density at radius 3 is 1.31 bits per heavy atom. The summed E-state index contributed by atoms with van der Waals surface area (Å²) in [7, 11) is 0. The molecule has 90 valence electrons. The fraction of sp³-hybridized carbons (Fsp3) is 0.833. The van der Waals surface area contributed by atoms with Crippen LogP contribution in [0.5, 0.6) is 0 Å².